The van der Waals surface area contributed by atoms with Gasteiger partial charge in [0, 0.05) is 20.2 Å². The van der Waals surface area contributed by atoms with Crippen LogP contribution in [0.5, 0.6) is 0 Å². The smallest absolute Gasteiger partial charge is 0.300 e. The molecule has 0 saturated carbocycles. The van der Waals surface area contributed by atoms with Crippen molar-refractivity contribution in [3.05, 3.63) is 38.9 Å². The molecule has 0 bridgehead atoms. The average molecular weight is 299 g/mol. The normalized spacial score (nSPS) is 18.0. The molecule has 2 rings (SSSR count). The summed E-state index contributed by atoms with van der Waals surface area (Å²) in [4.78, 5) is 24.2. The summed E-state index contributed by atoms with van der Waals surface area (Å²) in [7, 11) is 1.61. The molecule has 1 aromatic carbocycles. The molecule has 0 aromatic heterocycles. The molecule has 1 heterocycles. The van der Waals surface area contributed by atoms with Crippen LogP contribution in [0.1, 0.15) is 23.2 Å². The van der Waals surface area contributed by atoms with Crippen molar-refractivity contribution in [3.63, 3.8) is 0 Å². The van der Waals surface area contributed by atoms with E-state index in [1.54, 1.807) is 7.05 Å². The molecule has 1 aliphatic heterocycles. The van der Waals surface area contributed by atoms with E-state index in [-0.39, 0.29) is 22.4 Å². The van der Waals surface area contributed by atoms with Crippen LogP contribution < -0.4 is 0 Å². The van der Waals surface area contributed by atoms with Crippen LogP contribution in [0.4, 0.5) is 5.69 Å². The topological polar surface area (TPSA) is 72.7 Å². The third-order valence-corrected chi connectivity index (χ3v) is 3.55. The van der Waals surface area contributed by atoms with Crippen LogP contribution >= 0.6 is 11.6 Å². The Morgan fingerprint density at radius 3 is 2.95 bits per heavy atom. The van der Waals surface area contributed by atoms with Gasteiger partial charge in [-0.1, -0.05) is 17.7 Å². The zero-order chi connectivity index (χ0) is 14.7. The van der Waals surface area contributed by atoms with Gasteiger partial charge < -0.3 is 9.64 Å². The van der Waals surface area contributed by atoms with E-state index in [2.05, 4.69) is 0 Å². The van der Waals surface area contributed by atoms with E-state index in [9.17, 15) is 14.9 Å². The Morgan fingerprint density at radius 1 is 1.60 bits per heavy atom. The predicted molar refractivity (Wildman–Crippen MR) is 74.0 cm³/mol. The Morgan fingerprint density at radius 2 is 2.35 bits per heavy atom. The van der Waals surface area contributed by atoms with Gasteiger partial charge in [-0.05, 0) is 25.0 Å². The van der Waals surface area contributed by atoms with Crippen molar-refractivity contribution in [1.82, 2.24) is 4.90 Å². The van der Waals surface area contributed by atoms with Gasteiger partial charge in [-0.3, -0.25) is 14.9 Å². The third kappa shape index (κ3) is 3.08. The van der Waals surface area contributed by atoms with Gasteiger partial charge in [0.05, 0.1) is 11.0 Å². The lowest BCUT2D eigenvalue weighted by molar-refractivity contribution is -0.385. The lowest BCUT2D eigenvalue weighted by Crippen LogP contribution is -2.34. The van der Waals surface area contributed by atoms with Gasteiger partial charge in [0.2, 0.25) is 0 Å². The van der Waals surface area contributed by atoms with Crippen molar-refractivity contribution in [2.24, 2.45) is 0 Å². The molecule has 1 aliphatic rings. The standard InChI is InChI=1S/C13H15ClN2O4/c1-15(8-9-4-3-7-20-9)13(17)10-5-2-6-11(14)12(10)16(18)19/h2,5-6,9H,3-4,7-8H2,1H3. The summed E-state index contributed by atoms with van der Waals surface area (Å²) < 4.78 is 5.46. The minimum absolute atomic E-state index is 0.00203. The van der Waals surface area contributed by atoms with Gasteiger partial charge >= 0.3 is 5.69 Å². The Balaban J connectivity index is 2.19. The molecular formula is C13H15ClN2O4. The van der Waals surface area contributed by atoms with E-state index in [4.69, 9.17) is 16.3 Å². The molecule has 0 spiro atoms. The van der Waals surface area contributed by atoms with Crippen LogP contribution in [0.3, 0.4) is 0 Å². The molecule has 108 valence electrons. The van der Waals surface area contributed by atoms with E-state index in [0.717, 1.165) is 12.8 Å². The predicted octanol–water partition coefficient (Wildman–Crippen LogP) is 2.50. The molecule has 0 aliphatic carbocycles. The van der Waals surface area contributed by atoms with Gasteiger partial charge in [0.25, 0.3) is 5.91 Å². The van der Waals surface area contributed by atoms with Crippen LogP contribution in [-0.2, 0) is 4.74 Å². The Kier molecular flexibility index (Phi) is 4.57. The number of ether oxygens (including phenoxy) is 1. The van der Waals surface area contributed by atoms with E-state index in [0.29, 0.717) is 13.2 Å². The minimum atomic E-state index is -0.629. The zero-order valence-electron chi connectivity index (χ0n) is 11.0. The Hall–Kier alpha value is -1.66. The van der Waals surface area contributed by atoms with Crippen molar-refractivity contribution in [3.8, 4) is 0 Å². The largest absolute Gasteiger partial charge is 0.376 e. The monoisotopic (exact) mass is 298 g/mol. The van der Waals surface area contributed by atoms with E-state index in [1.165, 1.54) is 23.1 Å². The Bertz CT molecular complexity index is 529. The van der Waals surface area contributed by atoms with E-state index >= 15 is 0 Å². The fourth-order valence-electron chi connectivity index (χ4n) is 2.26. The second kappa shape index (κ2) is 6.19. The second-order valence-corrected chi connectivity index (χ2v) is 5.12. The summed E-state index contributed by atoms with van der Waals surface area (Å²) in [6.45, 7) is 1.12. The number of amides is 1. The number of halogens is 1. The molecule has 20 heavy (non-hydrogen) atoms. The van der Waals surface area contributed by atoms with Gasteiger partial charge in [0.15, 0.2) is 0 Å². The van der Waals surface area contributed by atoms with Crippen molar-refractivity contribution in [2.75, 3.05) is 20.2 Å². The SMILES string of the molecule is CN(CC1CCCO1)C(=O)c1cccc(Cl)c1[N+](=O)[O-]. The molecular weight excluding hydrogens is 284 g/mol. The van der Waals surface area contributed by atoms with Gasteiger partial charge in [-0.25, -0.2) is 0 Å². The third-order valence-electron chi connectivity index (χ3n) is 3.25. The maximum Gasteiger partial charge on any atom is 0.300 e. The number of benzene rings is 1. The first kappa shape index (κ1) is 14.7. The van der Waals surface area contributed by atoms with Crippen molar-refractivity contribution < 1.29 is 14.5 Å². The molecule has 1 amide bonds. The number of carbonyl (C=O) groups is 1. The summed E-state index contributed by atoms with van der Waals surface area (Å²) in [6.07, 6.45) is 1.88. The number of likely N-dealkylation sites (N-methyl/N-ethyl adjacent to an activating group) is 1. The number of rotatable bonds is 4. The van der Waals surface area contributed by atoms with E-state index < -0.39 is 10.8 Å². The summed E-state index contributed by atoms with van der Waals surface area (Å²) in [6, 6.07) is 4.34. The number of carbonyl (C=O) groups excluding carboxylic acids is 1. The number of para-hydroxylation sites is 1. The fraction of sp³-hybridized carbons (Fsp3) is 0.462. The molecule has 1 fully saturated rings. The first-order chi connectivity index (χ1) is 9.50. The van der Waals surface area contributed by atoms with Crippen molar-refractivity contribution >= 4 is 23.2 Å². The maximum absolute atomic E-state index is 12.3. The number of nitro benzene ring substituents is 1. The molecule has 7 heteroatoms. The highest BCUT2D eigenvalue weighted by Crippen LogP contribution is 2.29. The minimum Gasteiger partial charge on any atom is -0.376 e. The highest BCUT2D eigenvalue weighted by molar-refractivity contribution is 6.33. The summed E-state index contributed by atoms with van der Waals surface area (Å²) in [5.74, 6) is -0.422. The van der Waals surface area contributed by atoms with Crippen LogP contribution in [0.15, 0.2) is 18.2 Å². The van der Waals surface area contributed by atoms with Crippen LogP contribution in [0, 0.1) is 10.1 Å². The first-order valence-corrected chi connectivity index (χ1v) is 6.68. The number of hydrogen-bond donors (Lipinski definition) is 0. The number of nitro groups is 1. The van der Waals surface area contributed by atoms with E-state index in [1.807, 2.05) is 0 Å². The summed E-state index contributed by atoms with van der Waals surface area (Å²) in [5.41, 5.74) is -0.346. The lowest BCUT2D eigenvalue weighted by Gasteiger charge is -2.20. The number of hydrogen-bond acceptors (Lipinski definition) is 4. The Labute approximate surface area is 121 Å². The fourth-order valence-corrected chi connectivity index (χ4v) is 2.50. The van der Waals surface area contributed by atoms with Crippen LogP contribution in [0.25, 0.3) is 0 Å². The molecule has 1 unspecified atom stereocenters. The van der Waals surface area contributed by atoms with Crippen molar-refractivity contribution in [2.45, 2.75) is 18.9 Å². The molecule has 0 radical (unpaired) electrons. The molecule has 1 saturated heterocycles. The maximum atomic E-state index is 12.3. The highest BCUT2D eigenvalue weighted by atomic mass is 35.5. The second-order valence-electron chi connectivity index (χ2n) is 4.71. The van der Waals surface area contributed by atoms with Crippen molar-refractivity contribution in [1.29, 1.82) is 0 Å². The molecule has 6 nitrogen and oxygen atoms in total. The summed E-state index contributed by atoms with van der Waals surface area (Å²) >= 11 is 5.81. The first-order valence-electron chi connectivity index (χ1n) is 6.30. The lowest BCUT2D eigenvalue weighted by atomic mass is 10.1. The molecule has 1 aromatic rings. The van der Waals surface area contributed by atoms with Crippen LogP contribution in [0.2, 0.25) is 5.02 Å². The zero-order valence-corrected chi connectivity index (χ0v) is 11.8. The summed E-state index contributed by atoms with van der Waals surface area (Å²) in [5, 5.41) is 11.0. The molecule has 1 atom stereocenters. The highest BCUT2D eigenvalue weighted by Gasteiger charge is 2.27. The van der Waals surface area contributed by atoms with Gasteiger partial charge in [-0.2, -0.15) is 0 Å². The number of nitrogens with zero attached hydrogens (tertiary/aromatic N) is 2. The average Bonchev–Trinajstić information content (AvgIpc) is 2.89. The quantitative estimate of drug-likeness (QED) is 0.632. The molecule has 0 N–H and O–H groups in total. The van der Waals surface area contributed by atoms with Gasteiger partial charge in [-0.15, -0.1) is 0 Å². The van der Waals surface area contributed by atoms with Gasteiger partial charge in [0.1, 0.15) is 10.6 Å². The van der Waals surface area contributed by atoms with Crippen LogP contribution in [-0.4, -0.2) is 42.0 Å².